The van der Waals surface area contributed by atoms with Crippen LogP contribution in [0.25, 0.3) is 0 Å². The Morgan fingerprint density at radius 3 is 2.56 bits per heavy atom. The van der Waals surface area contributed by atoms with Crippen LogP contribution in [0, 0.1) is 6.92 Å². The average Bonchev–Trinajstić information content (AvgIpc) is 3.08. The summed E-state index contributed by atoms with van der Waals surface area (Å²) in [5.41, 5.74) is 3.32. The van der Waals surface area contributed by atoms with Crippen LogP contribution in [-0.4, -0.2) is 47.9 Å². The number of piperidine rings is 1. The predicted molar refractivity (Wildman–Crippen MR) is 103 cm³/mol. The van der Waals surface area contributed by atoms with Crippen LogP contribution in [-0.2, 0) is 18.4 Å². The Morgan fingerprint density at radius 2 is 1.93 bits per heavy atom. The van der Waals surface area contributed by atoms with Crippen LogP contribution >= 0.6 is 0 Å². The second-order valence-corrected chi connectivity index (χ2v) is 6.99. The van der Waals surface area contributed by atoms with Gasteiger partial charge in [-0.15, -0.1) is 0 Å². The molecule has 1 aliphatic heterocycles. The first kappa shape index (κ1) is 19.2. The normalized spacial score (nSPS) is 20.0. The number of carbonyl (C=O) groups is 1. The van der Waals surface area contributed by atoms with E-state index in [9.17, 15) is 4.79 Å². The summed E-state index contributed by atoms with van der Waals surface area (Å²) in [7, 11) is 7.07. The molecule has 1 fully saturated rings. The van der Waals surface area contributed by atoms with Crippen LogP contribution < -0.4 is 14.8 Å². The van der Waals surface area contributed by atoms with Crippen LogP contribution in [0.3, 0.4) is 0 Å². The van der Waals surface area contributed by atoms with Gasteiger partial charge in [-0.05, 0) is 42.7 Å². The van der Waals surface area contributed by atoms with Crippen molar-refractivity contribution in [3.8, 4) is 11.5 Å². The van der Waals surface area contributed by atoms with E-state index in [0.717, 1.165) is 34.7 Å². The van der Waals surface area contributed by atoms with E-state index in [1.807, 2.05) is 41.9 Å². The first-order chi connectivity index (χ1) is 13.0. The van der Waals surface area contributed by atoms with Crippen LogP contribution in [0.15, 0.2) is 24.4 Å². The number of amides is 1. The van der Waals surface area contributed by atoms with Gasteiger partial charge in [-0.3, -0.25) is 9.48 Å². The highest BCUT2D eigenvalue weighted by Crippen LogP contribution is 2.32. The zero-order valence-corrected chi connectivity index (χ0v) is 16.7. The monoisotopic (exact) mass is 372 g/mol. The Kier molecular flexibility index (Phi) is 5.70. The third-order valence-corrected chi connectivity index (χ3v) is 5.42. The number of carbonyl (C=O) groups excluding carboxylic acids is 1. The van der Waals surface area contributed by atoms with Crippen molar-refractivity contribution in [2.24, 2.45) is 7.05 Å². The minimum atomic E-state index is -0.0424. The number of rotatable bonds is 6. The molecule has 7 nitrogen and oxygen atoms in total. The van der Waals surface area contributed by atoms with Crippen molar-refractivity contribution in [3.05, 3.63) is 41.2 Å². The molecule has 1 amide bonds. The van der Waals surface area contributed by atoms with Crippen molar-refractivity contribution in [2.75, 3.05) is 21.3 Å². The Morgan fingerprint density at radius 1 is 1.22 bits per heavy atom. The minimum Gasteiger partial charge on any atom is -0.493 e. The topological polar surface area (TPSA) is 68.6 Å². The molecule has 0 bridgehead atoms. The molecular weight excluding hydrogens is 344 g/mol. The predicted octanol–water partition coefficient (Wildman–Crippen LogP) is 2.20. The molecule has 2 atom stereocenters. The summed E-state index contributed by atoms with van der Waals surface area (Å²) in [4.78, 5) is 14.1. The van der Waals surface area contributed by atoms with Crippen LogP contribution in [0.4, 0.5) is 0 Å². The summed E-state index contributed by atoms with van der Waals surface area (Å²) in [5.74, 6) is 1.62. The number of methoxy groups -OCH3 is 2. The van der Waals surface area contributed by atoms with Gasteiger partial charge < -0.3 is 19.7 Å². The minimum absolute atomic E-state index is 0.0424. The Hall–Kier alpha value is -2.54. The quantitative estimate of drug-likeness (QED) is 0.842. The van der Waals surface area contributed by atoms with Crippen molar-refractivity contribution in [1.29, 1.82) is 0 Å². The van der Waals surface area contributed by atoms with Gasteiger partial charge in [0.1, 0.15) is 0 Å². The zero-order chi connectivity index (χ0) is 19.6. The van der Waals surface area contributed by atoms with Gasteiger partial charge in [-0.2, -0.15) is 5.10 Å². The van der Waals surface area contributed by atoms with Gasteiger partial charge in [-0.25, -0.2) is 0 Å². The number of nitrogens with zero attached hydrogens (tertiary/aromatic N) is 3. The van der Waals surface area contributed by atoms with Gasteiger partial charge in [0, 0.05) is 39.3 Å². The van der Waals surface area contributed by atoms with Crippen LogP contribution in [0.5, 0.6) is 11.5 Å². The van der Waals surface area contributed by atoms with Gasteiger partial charge in [0.2, 0.25) is 5.91 Å². The first-order valence-electron chi connectivity index (χ1n) is 9.14. The lowest BCUT2D eigenvalue weighted by Gasteiger charge is -2.39. The highest BCUT2D eigenvalue weighted by Gasteiger charge is 2.36. The molecule has 2 heterocycles. The van der Waals surface area contributed by atoms with E-state index in [-0.39, 0.29) is 18.0 Å². The molecule has 0 unspecified atom stereocenters. The number of aryl methyl sites for hydroxylation is 2. The molecule has 27 heavy (non-hydrogen) atoms. The molecule has 1 aliphatic rings. The molecule has 0 spiro atoms. The smallest absolute Gasteiger partial charge is 0.222 e. The van der Waals surface area contributed by atoms with Crippen molar-refractivity contribution in [2.45, 2.75) is 38.4 Å². The number of benzene rings is 1. The first-order valence-corrected chi connectivity index (χ1v) is 9.14. The summed E-state index contributed by atoms with van der Waals surface area (Å²) in [6.07, 6.45) is 3.12. The molecule has 7 heteroatoms. The zero-order valence-electron chi connectivity index (χ0n) is 16.7. The van der Waals surface area contributed by atoms with Crippen molar-refractivity contribution in [1.82, 2.24) is 20.0 Å². The number of aromatic nitrogens is 2. The lowest BCUT2D eigenvalue weighted by molar-refractivity contribution is -0.136. The number of likely N-dealkylation sites (tertiary alicyclic amines) is 1. The average molecular weight is 372 g/mol. The van der Waals surface area contributed by atoms with Gasteiger partial charge in [-0.1, -0.05) is 0 Å². The summed E-state index contributed by atoms with van der Waals surface area (Å²) in [6, 6.07) is 6.09. The fourth-order valence-electron chi connectivity index (χ4n) is 3.78. The summed E-state index contributed by atoms with van der Waals surface area (Å²) in [5, 5.41) is 7.93. The van der Waals surface area contributed by atoms with Crippen molar-refractivity contribution in [3.63, 3.8) is 0 Å². The Bertz CT molecular complexity index is 818. The maximum atomic E-state index is 12.3. The lowest BCUT2D eigenvalue weighted by atomic mass is 9.93. The summed E-state index contributed by atoms with van der Waals surface area (Å²) in [6.45, 7) is 2.75. The molecule has 0 radical (unpaired) electrons. The van der Waals surface area contributed by atoms with E-state index in [2.05, 4.69) is 17.3 Å². The third kappa shape index (κ3) is 3.78. The Balaban J connectivity index is 1.82. The van der Waals surface area contributed by atoms with Gasteiger partial charge in [0.25, 0.3) is 0 Å². The lowest BCUT2D eigenvalue weighted by Crippen LogP contribution is -2.49. The highest BCUT2D eigenvalue weighted by atomic mass is 16.5. The number of ether oxygens (including phenoxy) is 2. The van der Waals surface area contributed by atoms with E-state index < -0.39 is 0 Å². The molecule has 1 N–H and O–H groups in total. The highest BCUT2D eigenvalue weighted by molar-refractivity contribution is 5.77. The van der Waals surface area contributed by atoms with Crippen LogP contribution in [0.2, 0.25) is 0 Å². The molecule has 0 aliphatic carbocycles. The number of nitrogens with one attached hydrogen (secondary N) is 1. The second kappa shape index (κ2) is 8.00. The van der Waals surface area contributed by atoms with Crippen molar-refractivity contribution >= 4 is 5.91 Å². The van der Waals surface area contributed by atoms with E-state index in [4.69, 9.17) is 9.47 Å². The second-order valence-electron chi connectivity index (χ2n) is 6.99. The number of hydrogen-bond donors (Lipinski definition) is 1. The molecule has 1 aromatic heterocycles. The maximum absolute atomic E-state index is 12.3. The fraction of sp³-hybridized carbons (Fsp3) is 0.500. The van der Waals surface area contributed by atoms with E-state index in [0.29, 0.717) is 13.0 Å². The largest absolute Gasteiger partial charge is 0.493 e. The van der Waals surface area contributed by atoms with Crippen molar-refractivity contribution < 1.29 is 14.3 Å². The SMILES string of the molecule is COc1cc(C)c(CN[C@@H]2CCC(=O)N(C)[C@H]2c2ccnn2C)cc1OC. The molecular formula is C20H28N4O3. The van der Waals surface area contributed by atoms with E-state index in [1.165, 1.54) is 0 Å². The fourth-order valence-corrected chi connectivity index (χ4v) is 3.78. The van der Waals surface area contributed by atoms with E-state index >= 15 is 0 Å². The third-order valence-electron chi connectivity index (χ3n) is 5.42. The summed E-state index contributed by atoms with van der Waals surface area (Å²) < 4.78 is 12.6. The van der Waals surface area contributed by atoms with Gasteiger partial charge >= 0.3 is 0 Å². The summed E-state index contributed by atoms with van der Waals surface area (Å²) >= 11 is 0. The molecule has 1 saturated heterocycles. The molecule has 1 aromatic carbocycles. The van der Waals surface area contributed by atoms with Crippen LogP contribution in [0.1, 0.15) is 35.7 Å². The Labute approximate surface area is 160 Å². The van der Waals surface area contributed by atoms with E-state index in [1.54, 1.807) is 20.4 Å². The van der Waals surface area contributed by atoms with Gasteiger partial charge in [0.15, 0.2) is 11.5 Å². The molecule has 2 aromatic rings. The standard InChI is InChI=1S/C20H28N4O3/c1-13-10-17(26-4)18(27-5)11-14(13)12-21-15-6-7-19(25)23(2)20(15)16-8-9-22-24(16)3/h8-11,15,20-21H,6-7,12H2,1-5H3/t15-,20-/m1/s1. The molecule has 0 saturated carbocycles. The number of likely N-dealkylation sites (N-methyl/N-ethyl adjacent to an activating group) is 1. The molecule has 146 valence electrons. The van der Waals surface area contributed by atoms with Gasteiger partial charge in [0.05, 0.1) is 26.0 Å². The number of hydrogen-bond acceptors (Lipinski definition) is 5. The maximum Gasteiger partial charge on any atom is 0.222 e. The molecule has 3 rings (SSSR count).